The maximum atomic E-state index is 12.2. The predicted molar refractivity (Wildman–Crippen MR) is 85.1 cm³/mol. The van der Waals surface area contributed by atoms with Gasteiger partial charge in [-0.15, -0.1) is 5.10 Å². The van der Waals surface area contributed by atoms with E-state index in [-0.39, 0.29) is 11.9 Å². The van der Waals surface area contributed by atoms with Crippen LogP contribution in [0.3, 0.4) is 0 Å². The topological polar surface area (TPSA) is 85.8 Å². The molecule has 0 spiro atoms. The summed E-state index contributed by atoms with van der Waals surface area (Å²) >= 11 is 0. The molecule has 0 aliphatic rings. The number of nitrogens with one attached hydrogen (secondary N) is 1. The molecule has 2 aromatic heterocycles. The van der Waals surface area contributed by atoms with Crippen molar-refractivity contribution in [3.8, 4) is 11.5 Å². The molecule has 0 aliphatic heterocycles. The molecule has 0 fully saturated rings. The van der Waals surface area contributed by atoms with Gasteiger partial charge in [0.2, 0.25) is 5.89 Å². The average molecular weight is 311 g/mol. The Hall–Kier alpha value is -2.96. The van der Waals surface area contributed by atoms with Crippen molar-refractivity contribution in [1.82, 2.24) is 20.0 Å². The van der Waals surface area contributed by atoms with Crippen molar-refractivity contribution in [3.05, 3.63) is 47.3 Å². The number of aryl methyl sites for hydroxylation is 3. The summed E-state index contributed by atoms with van der Waals surface area (Å²) in [6.07, 6.45) is 0. The molecule has 0 radical (unpaired) electrons. The van der Waals surface area contributed by atoms with E-state index in [4.69, 9.17) is 4.42 Å². The number of hydrogen-bond donors (Lipinski definition) is 1. The summed E-state index contributed by atoms with van der Waals surface area (Å²) in [5.74, 6) is -0.0148. The maximum Gasteiger partial charge on any atom is 0.322 e. The van der Waals surface area contributed by atoms with Crippen molar-refractivity contribution >= 4 is 11.9 Å². The molecular weight excluding hydrogens is 294 g/mol. The van der Waals surface area contributed by atoms with Crippen molar-refractivity contribution in [3.63, 3.8) is 0 Å². The van der Waals surface area contributed by atoms with Crippen molar-refractivity contribution in [2.24, 2.45) is 0 Å². The summed E-state index contributed by atoms with van der Waals surface area (Å²) < 4.78 is 7.24. The molecule has 1 amide bonds. The molecule has 3 aromatic rings. The van der Waals surface area contributed by atoms with Crippen molar-refractivity contribution in [2.45, 2.75) is 27.3 Å². The number of carbonyl (C=O) groups excluding carboxylic acids is 1. The molecule has 7 nitrogen and oxygen atoms in total. The van der Waals surface area contributed by atoms with Crippen molar-refractivity contribution in [1.29, 1.82) is 0 Å². The van der Waals surface area contributed by atoms with Crippen molar-refractivity contribution < 1.29 is 9.21 Å². The second-order valence-electron chi connectivity index (χ2n) is 5.22. The number of hydrogen-bond acceptors (Lipinski definition) is 5. The summed E-state index contributed by atoms with van der Waals surface area (Å²) in [6.45, 7) is 6.55. The predicted octanol–water partition coefficient (Wildman–Crippen LogP) is 2.82. The van der Waals surface area contributed by atoms with Crippen molar-refractivity contribution in [2.75, 3.05) is 5.32 Å². The first-order valence-electron chi connectivity index (χ1n) is 7.33. The average Bonchev–Trinajstić information content (AvgIpc) is 3.14. The van der Waals surface area contributed by atoms with Gasteiger partial charge in [-0.05, 0) is 39.0 Å². The fraction of sp³-hybridized carbons (Fsp3) is 0.250. The van der Waals surface area contributed by atoms with Gasteiger partial charge in [0.05, 0.1) is 0 Å². The Kier molecular flexibility index (Phi) is 3.92. The highest BCUT2D eigenvalue weighted by Gasteiger charge is 2.16. The number of aromatic nitrogens is 4. The molecule has 7 heteroatoms. The van der Waals surface area contributed by atoms with Crippen LogP contribution in [0.4, 0.5) is 6.01 Å². The van der Waals surface area contributed by atoms with Gasteiger partial charge in [-0.2, -0.15) is 5.10 Å². The normalized spacial score (nSPS) is 10.7. The number of rotatable bonds is 4. The van der Waals surface area contributed by atoms with Gasteiger partial charge >= 0.3 is 6.01 Å². The zero-order valence-electron chi connectivity index (χ0n) is 13.2. The van der Waals surface area contributed by atoms with Crippen LogP contribution in [0.2, 0.25) is 0 Å². The zero-order valence-corrected chi connectivity index (χ0v) is 13.2. The molecule has 0 aliphatic carbocycles. The third kappa shape index (κ3) is 3.13. The van der Waals surface area contributed by atoms with Crippen LogP contribution in [-0.4, -0.2) is 25.9 Å². The SMILES string of the molecule is CCn1nc(C(=O)Nc2nnc(-c3cccc(C)c3)o2)cc1C. The second kappa shape index (κ2) is 6.04. The minimum atomic E-state index is -0.375. The quantitative estimate of drug-likeness (QED) is 0.800. The van der Waals surface area contributed by atoms with E-state index < -0.39 is 0 Å². The zero-order chi connectivity index (χ0) is 16.4. The second-order valence-corrected chi connectivity index (χ2v) is 5.22. The van der Waals surface area contributed by atoms with E-state index in [1.54, 1.807) is 10.7 Å². The lowest BCUT2D eigenvalue weighted by molar-refractivity contribution is 0.101. The minimum absolute atomic E-state index is 0.0511. The molecule has 0 unspecified atom stereocenters. The molecule has 1 aromatic carbocycles. The lowest BCUT2D eigenvalue weighted by Crippen LogP contribution is -2.13. The van der Waals surface area contributed by atoms with Gasteiger partial charge in [0, 0.05) is 17.8 Å². The van der Waals surface area contributed by atoms with Crippen LogP contribution in [0.5, 0.6) is 0 Å². The monoisotopic (exact) mass is 311 g/mol. The van der Waals surface area contributed by atoms with Gasteiger partial charge in [0.15, 0.2) is 5.69 Å². The fourth-order valence-corrected chi connectivity index (χ4v) is 2.27. The lowest BCUT2D eigenvalue weighted by atomic mass is 10.1. The standard InChI is InChI=1S/C16H17N5O2/c1-4-21-11(3)9-13(20-21)14(22)17-16-19-18-15(23-16)12-7-5-6-10(2)8-12/h5-9H,4H2,1-3H3,(H,17,19,22). The van der Waals surface area contributed by atoms with Gasteiger partial charge < -0.3 is 4.42 Å². The Morgan fingerprint density at radius 3 is 2.78 bits per heavy atom. The van der Waals surface area contributed by atoms with Crippen LogP contribution in [0, 0.1) is 13.8 Å². The Labute approximate surface area is 133 Å². The molecule has 0 atom stereocenters. The molecule has 3 rings (SSSR count). The van der Waals surface area contributed by atoms with Gasteiger partial charge in [-0.1, -0.05) is 22.8 Å². The smallest absolute Gasteiger partial charge is 0.322 e. The number of nitrogens with zero attached hydrogens (tertiary/aromatic N) is 4. The summed E-state index contributed by atoms with van der Waals surface area (Å²) in [4.78, 5) is 12.2. The largest absolute Gasteiger partial charge is 0.403 e. The number of benzene rings is 1. The lowest BCUT2D eigenvalue weighted by Gasteiger charge is -1.98. The van der Waals surface area contributed by atoms with Crippen LogP contribution in [-0.2, 0) is 6.54 Å². The molecule has 0 bridgehead atoms. The third-order valence-electron chi connectivity index (χ3n) is 3.42. The first kappa shape index (κ1) is 15.0. The Bertz CT molecular complexity index is 850. The highest BCUT2D eigenvalue weighted by Crippen LogP contribution is 2.20. The molecule has 1 N–H and O–H groups in total. The molecule has 118 valence electrons. The minimum Gasteiger partial charge on any atom is -0.403 e. The van der Waals surface area contributed by atoms with Gasteiger partial charge in [-0.3, -0.25) is 14.8 Å². The van der Waals surface area contributed by atoms with Gasteiger partial charge in [0.25, 0.3) is 5.91 Å². The number of carbonyl (C=O) groups is 1. The summed E-state index contributed by atoms with van der Waals surface area (Å²) in [5, 5.41) is 14.6. The maximum absolute atomic E-state index is 12.2. The van der Waals surface area contributed by atoms with Gasteiger partial charge in [-0.25, -0.2) is 0 Å². The van der Waals surface area contributed by atoms with Crippen LogP contribution in [0.15, 0.2) is 34.7 Å². The van der Waals surface area contributed by atoms with E-state index in [0.717, 1.165) is 16.8 Å². The fourth-order valence-electron chi connectivity index (χ4n) is 2.27. The van der Waals surface area contributed by atoms with Crippen LogP contribution in [0.25, 0.3) is 11.5 Å². The van der Waals surface area contributed by atoms with E-state index in [2.05, 4.69) is 20.6 Å². The van der Waals surface area contributed by atoms with E-state index in [1.807, 2.05) is 45.0 Å². The molecule has 23 heavy (non-hydrogen) atoms. The van der Waals surface area contributed by atoms with Gasteiger partial charge in [0.1, 0.15) is 0 Å². The Balaban J connectivity index is 1.77. The van der Waals surface area contributed by atoms with E-state index in [1.165, 1.54) is 0 Å². The van der Waals surface area contributed by atoms with E-state index in [0.29, 0.717) is 18.1 Å². The summed E-state index contributed by atoms with van der Waals surface area (Å²) in [7, 11) is 0. The summed E-state index contributed by atoms with van der Waals surface area (Å²) in [5.41, 5.74) is 3.14. The highest BCUT2D eigenvalue weighted by atomic mass is 16.4. The van der Waals surface area contributed by atoms with E-state index >= 15 is 0 Å². The van der Waals surface area contributed by atoms with Crippen LogP contribution in [0.1, 0.15) is 28.7 Å². The Morgan fingerprint density at radius 2 is 2.09 bits per heavy atom. The summed E-state index contributed by atoms with van der Waals surface area (Å²) in [6, 6.07) is 9.47. The molecular formula is C16H17N5O2. The highest BCUT2D eigenvalue weighted by molar-refractivity contribution is 6.01. The van der Waals surface area contributed by atoms with E-state index in [9.17, 15) is 4.79 Å². The Morgan fingerprint density at radius 1 is 1.26 bits per heavy atom. The molecule has 0 saturated heterocycles. The number of amides is 1. The first-order valence-corrected chi connectivity index (χ1v) is 7.33. The third-order valence-corrected chi connectivity index (χ3v) is 3.42. The molecule has 0 saturated carbocycles. The molecule has 2 heterocycles. The van der Waals surface area contributed by atoms with Crippen LogP contribution >= 0.6 is 0 Å². The number of anilines is 1. The van der Waals surface area contributed by atoms with Crippen LogP contribution < -0.4 is 5.32 Å². The first-order chi connectivity index (χ1) is 11.1.